The highest BCUT2D eigenvalue weighted by atomic mass is 16.4. The van der Waals surface area contributed by atoms with Gasteiger partial charge in [0.1, 0.15) is 0 Å². The standard InChI is InChI=1S/C9H14N2O4/c1-2-11(4-3-8(13)14)6-5-7(12)10-9(6)15/h6H,2-5H2,1H3,(H,13,14)(H,10,12,15). The lowest BCUT2D eigenvalue weighted by molar-refractivity contribution is -0.138. The molecule has 1 aliphatic heterocycles. The molecule has 1 fully saturated rings. The number of likely N-dealkylation sites (N-methyl/N-ethyl adjacent to an activating group) is 1. The van der Waals surface area contributed by atoms with Crippen molar-refractivity contribution in [3.63, 3.8) is 0 Å². The minimum absolute atomic E-state index is 0.0220. The maximum atomic E-state index is 11.3. The van der Waals surface area contributed by atoms with E-state index < -0.39 is 12.0 Å². The van der Waals surface area contributed by atoms with Crippen molar-refractivity contribution in [1.29, 1.82) is 0 Å². The Kier molecular flexibility index (Phi) is 3.79. The van der Waals surface area contributed by atoms with Gasteiger partial charge in [0.15, 0.2) is 0 Å². The highest BCUT2D eigenvalue weighted by Gasteiger charge is 2.34. The summed E-state index contributed by atoms with van der Waals surface area (Å²) in [5, 5.41) is 10.7. The highest BCUT2D eigenvalue weighted by Crippen LogP contribution is 2.10. The van der Waals surface area contributed by atoms with Gasteiger partial charge in [0.25, 0.3) is 0 Å². The van der Waals surface area contributed by atoms with Gasteiger partial charge in [-0.15, -0.1) is 0 Å². The van der Waals surface area contributed by atoms with Crippen molar-refractivity contribution in [3.8, 4) is 0 Å². The second kappa shape index (κ2) is 4.88. The lowest BCUT2D eigenvalue weighted by Gasteiger charge is -2.23. The van der Waals surface area contributed by atoms with Crippen LogP contribution in [0.4, 0.5) is 0 Å². The molecule has 6 nitrogen and oxygen atoms in total. The Morgan fingerprint density at radius 2 is 2.27 bits per heavy atom. The van der Waals surface area contributed by atoms with Crippen molar-refractivity contribution < 1.29 is 19.5 Å². The normalized spacial score (nSPS) is 20.8. The van der Waals surface area contributed by atoms with Gasteiger partial charge in [0.05, 0.1) is 18.9 Å². The summed E-state index contributed by atoms with van der Waals surface area (Å²) in [7, 11) is 0. The molecule has 1 rings (SSSR count). The van der Waals surface area contributed by atoms with E-state index >= 15 is 0 Å². The summed E-state index contributed by atoms with van der Waals surface area (Å²) in [6.45, 7) is 2.67. The van der Waals surface area contributed by atoms with Gasteiger partial charge in [-0.05, 0) is 6.54 Å². The van der Waals surface area contributed by atoms with Gasteiger partial charge in [-0.2, -0.15) is 0 Å². The van der Waals surface area contributed by atoms with Gasteiger partial charge < -0.3 is 5.11 Å². The maximum absolute atomic E-state index is 11.3. The molecule has 1 aliphatic rings. The fourth-order valence-corrected chi connectivity index (χ4v) is 1.61. The Morgan fingerprint density at radius 1 is 1.60 bits per heavy atom. The molecule has 6 heteroatoms. The number of carboxylic acids is 1. The van der Waals surface area contributed by atoms with E-state index in [1.165, 1.54) is 0 Å². The van der Waals surface area contributed by atoms with Gasteiger partial charge in [-0.3, -0.25) is 24.6 Å². The van der Waals surface area contributed by atoms with E-state index in [1.54, 1.807) is 4.90 Å². The van der Waals surface area contributed by atoms with Gasteiger partial charge >= 0.3 is 5.97 Å². The molecule has 0 radical (unpaired) electrons. The zero-order valence-corrected chi connectivity index (χ0v) is 8.52. The first-order valence-electron chi connectivity index (χ1n) is 4.84. The van der Waals surface area contributed by atoms with Crippen LogP contribution in [0.2, 0.25) is 0 Å². The molecule has 0 saturated carbocycles. The Balaban J connectivity index is 2.54. The molecule has 1 atom stereocenters. The Morgan fingerprint density at radius 3 is 2.67 bits per heavy atom. The number of hydrogen-bond acceptors (Lipinski definition) is 4. The van der Waals surface area contributed by atoms with Crippen molar-refractivity contribution >= 4 is 17.8 Å². The van der Waals surface area contributed by atoms with E-state index in [4.69, 9.17) is 5.11 Å². The van der Waals surface area contributed by atoms with Gasteiger partial charge in [-0.1, -0.05) is 6.92 Å². The van der Waals surface area contributed by atoms with Gasteiger partial charge in [0.2, 0.25) is 11.8 Å². The second-order valence-corrected chi connectivity index (χ2v) is 3.40. The van der Waals surface area contributed by atoms with Crippen molar-refractivity contribution in [1.82, 2.24) is 10.2 Å². The molecule has 15 heavy (non-hydrogen) atoms. The number of nitrogens with zero attached hydrogens (tertiary/aromatic N) is 1. The van der Waals surface area contributed by atoms with E-state index in [0.29, 0.717) is 6.54 Å². The predicted octanol–water partition coefficient (Wildman–Crippen LogP) is -0.802. The van der Waals surface area contributed by atoms with Crippen molar-refractivity contribution in [2.45, 2.75) is 25.8 Å². The minimum Gasteiger partial charge on any atom is -0.481 e. The lowest BCUT2D eigenvalue weighted by atomic mass is 10.2. The molecule has 0 bridgehead atoms. The number of carboxylic acid groups (broad SMARTS) is 1. The van der Waals surface area contributed by atoms with E-state index in [2.05, 4.69) is 5.32 Å². The maximum Gasteiger partial charge on any atom is 0.304 e. The average molecular weight is 214 g/mol. The quantitative estimate of drug-likeness (QED) is 0.585. The molecule has 0 aliphatic carbocycles. The van der Waals surface area contributed by atoms with Crippen LogP contribution in [0.15, 0.2) is 0 Å². The van der Waals surface area contributed by atoms with Crippen molar-refractivity contribution in [2.24, 2.45) is 0 Å². The number of carbonyl (C=O) groups excluding carboxylic acids is 2. The highest BCUT2D eigenvalue weighted by molar-refractivity contribution is 6.05. The number of nitrogens with one attached hydrogen (secondary N) is 1. The molecule has 2 amide bonds. The minimum atomic E-state index is -0.904. The fourth-order valence-electron chi connectivity index (χ4n) is 1.61. The fraction of sp³-hybridized carbons (Fsp3) is 0.667. The molecule has 2 N–H and O–H groups in total. The third kappa shape index (κ3) is 3.02. The van der Waals surface area contributed by atoms with E-state index in [9.17, 15) is 14.4 Å². The average Bonchev–Trinajstić information content (AvgIpc) is 2.46. The first kappa shape index (κ1) is 11.6. The lowest BCUT2D eigenvalue weighted by Crippen LogP contribution is -2.41. The van der Waals surface area contributed by atoms with E-state index in [0.717, 1.165) is 0 Å². The monoisotopic (exact) mass is 214 g/mol. The number of aliphatic carboxylic acids is 1. The zero-order chi connectivity index (χ0) is 11.4. The van der Waals surface area contributed by atoms with Crippen LogP contribution < -0.4 is 5.32 Å². The summed E-state index contributed by atoms with van der Waals surface area (Å²) in [6, 6.07) is -0.498. The van der Waals surface area contributed by atoms with Gasteiger partial charge in [-0.25, -0.2) is 0 Å². The smallest absolute Gasteiger partial charge is 0.304 e. The second-order valence-electron chi connectivity index (χ2n) is 3.40. The molecular formula is C9H14N2O4. The van der Waals surface area contributed by atoms with E-state index in [1.807, 2.05) is 6.92 Å². The van der Waals surface area contributed by atoms with Crippen LogP contribution in [0.5, 0.6) is 0 Å². The molecule has 1 saturated heterocycles. The number of amides is 2. The summed E-state index contributed by atoms with van der Waals surface area (Å²) in [5.74, 6) is -1.52. The molecule has 0 aromatic rings. The first-order chi connectivity index (χ1) is 7.04. The van der Waals surface area contributed by atoms with Gasteiger partial charge in [0, 0.05) is 6.54 Å². The zero-order valence-electron chi connectivity index (χ0n) is 8.52. The molecule has 0 aromatic carbocycles. The summed E-state index contributed by atoms with van der Waals surface area (Å²) in [6.07, 6.45) is 0.109. The summed E-state index contributed by atoms with van der Waals surface area (Å²) in [4.78, 5) is 34.3. The van der Waals surface area contributed by atoms with Crippen LogP contribution in [0.25, 0.3) is 0 Å². The van der Waals surface area contributed by atoms with Crippen LogP contribution in [-0.4, -0.2) is 46.9 Å². The molecule has 0 aromatic heterocycles. The molecule has 84 valence electrons. The van der Waals surface area contributed by atoms with Crippen LogP contribution in [0.3, 0.4) is 0 Å². The molecule has 0 spiro atoms. The summed E-state index contributed by atoms with van der Waals surface area (Å²) >= 11 is 0. The van der Waals surface area contributed by atoms with Crippen LogP contribution in [0, 0.1) is 0 Å². The van der Waals surface area contributed by atoms with Crippen molar-refractivity contribution in [3.05, 3.63) is 0 Å². The number of carbonyl (C=O) groups is 3. The number of imide groups is 1. The third-order valence-corrected chi connectivity index (χ3v) is 2.40. The van der Waals surface area contributed by atoms with Crippen LogP contribution in [-0.2, 0) is 14.4 Å². The van der Waals surface area contributed by atoms with Crippen LogP contribution >= 0.6 is 0 Å². The summed E-state index contributed by atoms with van der Waals surface area (Å²) < 4.78 is 0. The first-order valence-corrected chi connectivity index (χ1v) is 4.84. The van der Waals surface area contributed by atoms with E-state index in [-0.39, 0.29) is 31.2 Å². The van der Waals surface area contributed by atoms with Crippen molar-refractivity contribution in [2.75, 3.05) is 13.1 Å². The summed E-state index contributed by atoms with van der Waals surface area (Å²) in [5.41, 5.74) is 0. The molecule has 1 heterocycles. The predicted molar refractivity (Wildman–Crippen MR) is 51.1 cm³/mol. The number of hydrogen-bond donors (Lipinski definition) is 2. The topological polar surface area (TPSA) is 86.7 Å². The number of rotatable bonds is 5. The Bertz CT molecular complexity index is 290. The SMILES string of the molecule is CCN(CCC(=O)O)C1CC(=O)NC1=O. The molecular weight excluding hydrogens is 200 g/mol. The molecule has 1 unspecified atom stereocenters. The Hall–Kier alpha value is -1.43. The third-order valence-electron chi connectivity index (χ3n) is 2.40. The van der Waals surface area contributed by atoms with Crippen LogP contribution in [0.1, 0.15) is 19.8 Å². The Labute approximate surface area is 87.2 Å². The largest absolute Gasteiger partial charge is 0.481 e.